The minimum absolute atomic E-state index is 0.0293. The number of hydrogen-bond acceptors (Lipinski definition) is 4. The van der Waals surface area contributed by atoms with Gasteiger partial charge in [0.25, 0.3) is 0 Å². The van der Waals surface area contributed by atoms with Crippen LogP contribution < -0.4 is 5.32 Å². The van der Waals surface area contributed by atoms with E-state index in [-0.39, 0.29) is 19.1 Å². The Balaban J connectivity index is 2.52. The van der Waals surface area contributed by atoms with Crippen LogP contribution in [0.3, 0.4) is 0 Å². The topological polar surface area (TPSA) is 67.8 Å². The molecular formula is C10H13NO4. The quantitative estimate of drug-likeness (QED) is 0.568. The van der Waals surface area contributed by atoms with E-state index in [1.54, 1.807) is 24.3 Å². The highest BCUT2D eigenvalue weighted by molar-refractivity contribution is 5.91. The lowest BCUT2D eigenvalue weighted by atomic mass is 10.2. The molecule has 0 aliphatic heterocycles. The van der Waals surface area contributed by atoms with Crippen molar-refractivity contribution in [2.45, 2.75) is 6.61 Å². The van der Waals surface area contributed by atoms with E-state index < -0.39 is 0 Å². The Kier molecular flexibility index (Phi) is 4.76. The molecule has 2 N–H and O–H groups in total. The van der Waals surface area contributed by atoms with Gasteiger partial charge in [0.05, 0.1) is 0 Å². The standard InChI is InChI=1S/C10H13NO4/c1-14-7-10(12)11-9-4-2-8(3-5-9)6-15-13/h2-5,13H,6-7H2,1H3,(H,11,12). The van der Waals surface area contributed by atoms with Gasteiger partial charge in [0.1, 0.15) is 13.2 Å². The van der Waals surface area contributed by atoms with Gasteiger partial charge in [-0.15, -0.1) is 0 Å². The van der Waals surface area contributed by atoms with Gasteiger partial charge in [-0.25, -0.2) is 4.89 Å². The van der Waals surface area contributed by atoms with Crippen molar-refractivity contribution >= 4 is 11.6 Å². The first-order valence-corrected chi connectivity index (χ1v) is 4.40. The van der Waals surface area contributed by atoms with Crippen LogP contribution >= 0.6 is 0 Å². The lowest BCUT2D eigenvalue weighted by Gasteiger charge is -2.05. The summed E-state index contributed by atoms with van der Waals surface area (Å²) in [5.74, 6) is -0.205. The first kappa shape index (κ1) is 11.6. The van der Waals surface area contributed by atoms with Crippen LogP contribution in [0.4, 0.5) is 5.69 Å². The zero-order valence-corrected chi connectivity index (χ0v) is 8.40. The highest BCUT2D eigenvalue weighted by atomic mass is 17.1. The SMILES string of the molecule is COCC(=O)Nc1ccc(COO)cc1. The van der Waals surface area contributed by atoms with Crippen LogP contribution in [0.5, 0.6) is 0 Å². The number of amides is 1. The Morgan fingerprint density at radius 2 is 2.07 bits per heavy atom. The van der Waals surface area contributed by atoms with Crippen LogP contribution in [0.2, 0.25) is 0 Å². The molecule has 1 rings (SSSR count). The number of rotatable bonds is 5. The van der Waals surface area contributed by atoms with Crippen LogP contribution in [0, 0.1) is 0 Å². The van der Waals surface area contributed by atoms with E-state index in [1.165, 1.54) is 7.11 Å². The number of methoxy groups -OCH3 is 1. The average molecular weight is 211 g/mol. The molecule has 15 heavy (non-hydrogen) atoms. The predicted molar refractivity (Wildman–Crippen MR) is 54.4 cm³/mol. The van der Waals surface area contributed by atoms with Crippen molar-refractivity contribution in [3.63, 3.8) is 0 Å². The van der Waals surface area contributed by atoms with Crippen molar-refractivity contribution in [2.75, 3.05) is 19.0 Å². The van der Waals surface area contributed by atoms with Crippen LogP contribution in [0.25, 0.3) is 0 Å². The molecule has 0 spiro atoms. The van der Waals surface area contributed by atoms with Gasteiger partial charge in [0.2, 0.25) is 5.91 Å². The van der Waals surface area contributed by atoms with Crippen molar-refractivity contribution in [2.24, 2.45) is 0 Å². The molecule has 0 saturated carbocycles. The van der Waals surface area contributed by atoms with Gasteiger partial charge < -0.3 is 10.1 Å². The summed E-state index contributed by atoms with van der Waals surface area (Å²) in [6.45, 7) is 0.161. The third-order valence-electron chi connectivity index (χ3n) is 1.74. The van der Waals surface area contributed by atoms with Crippen LogP contribution in [0.15, 0.2) is 24.3 Å². The van der Waals surface area contributed by atoms with Crippen molar-refractivity contribution in [3.05, 3.63) is 29.8 Å². The van der Waals surface area contributed by atoms with E-state index in [9.17, 15) is 4.79 Å². The highest BCUT2D eigenvalue weighted by Gasteiger charge is 2.00. The van der Waals surface area contributed by atoms with Gasteiger partial charge in [0.15, 0.2) is 0 Å². The van der Waals surface area contributed by atoms with Gasteiger partial charge in [-0.2, -0.15) is 0 Å². The number of carbonyl (C=O) groups excluding carboxylic acids is 1. The van der Waals surface area contributed by atoms with Gasteiger partial charge in [-0.05, 0) is 17.7 Å². The van der Waals surface area contributed by atoms with E-state index in [0.29, 0.717) is 5.69 Å². The number of anilines is 1. The highest BCUT2D eigenvalue weighted by Crippen LogP contribution is 2.09. The fourth-order valence-electron chi connectivity index (χ4n) is 1.09. The maximum Gasteiger partial charge on any atom is 0.250 e. The molecule has 5 heteroatoms. The molecule has 0 radical (unpaired) electrons. The monoisotopic (exact) mass is 211 g/mol. The van der Waals surface area contributed by atoms with Crippen molar-refractivity contribution < 1.29 is 19.7 Å². The van der Waals surface area contributed by atoms with Crippen molar-refractivity contribution in [1.29, 1.82) is 0 Å². The summed E-state index contributed by atoms with van der Waals surface area (Å²) >= 11 is 0. The molecule has 0 aliphatic rings. The number of benzene rings is 1. The number of ether oxygens (including phenoxy) is 1. The molecule has 82 valence electrons. The summed E-state index contributed by atoms with van der Waals surface area (Å²) < 4.78 is 4.67. The molecule has 0 heterocycles. The molecule has 0 fully saturated rings. The van der Waals surface area contributed by atoms with Crippen molar-refractivity contribution in [1.82, 2.24) is 0 Å². The molecule has 1 amide bonds. The molecule has 0 aromatic heterocycles. The molecule has 1 aromatic carbocycles. The van der Waals surface area contributed by atoms with E-state index in [0.717, 1.165) is 5.56 Å². The number of hydrogen-bond donors (Lipinski definition) is 2. The largest absolute Gasteiger partial charge is 0.375 e. The predicted octanol–water partition coefficient (Wildman–Crippen LogP) is 1.26. The van der Waals surface area contributed by atoms with Gasteiger partial charge in [0, 0.05) is 12.8 Å². The number of nitrogens with one attached hydrogen (secondary N) is 1. The second-order valence-corrected chi connectivity index (χ2v) is 2.95. The zero-order chi connectivity index (χ0) is 11.1. The van der Waals surface area contributed by atoms with Gasteiger partial charge in [-0.1, -0.05) is 12.1 Å². The lowest BCUT2D eigenvalue weighted by Crippen LogP contribution is -2.16. The maximum absolute atomic E-state index is 11.1. The first-order valence-electron chi connectivity index (χ1n) is 4.40. The molecule has 0 aliphatic carbocycles. The number of carbonyl (C=O) groups is 1. The average Bonchev–Trinajstić information content (AvgIpc) is 2.22. The third-order valence-corrected chi connectivity index (χ3v) is 1.74. The fraction of sp³-hybridized carbons (Fsp3) is 0.300. The molecule has 5 nitrogen and oxygen atoms in total. The summed E-state index contributed by atoms with van der Waals surface area (Å²) in [6, 6.07) is 6.95. The maximum atomic E-state index is 11.1. The lowest BCUT2D eigenvalue weighted by molar-refractivity contribution is -0.253. The van der Waals surface area contributed by atoms with E-state index in [1.807, 2.05) is 0 Å². The summed E-state index contributed by atoms with van der Waals surface area (Å²) in [4.78, 5) is 15.1. The zero-order valence-electron chi connectivity index (χ0n) is 8.40. The summed E-state index contributed by atoms with van der Waals surface area (Å²) in [5.41, 5.74) is 1.50. The van der Waals surface area contributed by atoms with E-state index >= 15 is 0 Å². The van der Waals surface area contributed by atoms with Gasteiger partial charge >= 0.3 is 0 Å². The smallest absolute Gasteiger partial charge is 0.250 e. The Bertz CT molecular complexity index is 310. The first-order chi connectivity index (χ1) is 7.26. The molecular weight excluding hydrogens is 198 g/mol. The minimum Gasteiger partial charge on any atom is -0.375 e. The normalized spacial score (nSPS) is 10.0. The second kappa shape index (κ2) is 6.13. The summed E-state index contributed by atoms with van der Waals surface area (Å²) in [7, 11) is 1.46. The van der Waals surface area contributed by atoms with Crippen molar-refractivity contribution in [3.8, 4) is 0 Å². The molecule has 0 unspecified atom stereocenters. The Morgan fingerprint density at radius 3 is 2.60 bits per heavy atom. The summed E-state index contributed by atoms with van der Waals surface area (Å²) in [6.07, 6.45) is 0. The molecule has 1 aromatic rings. The summed E-state index contributed by atoms with van der Waals surface area (Å²) in [5, 5.41) is 10.9. The van der Waals surface area contributed by atoms with Crippen LogP contribution in [-0.4, -0.2) is 24.9 Å². The Morgan fingerprint density at radius 1 is 1.40 bits per heavy atom. The minimum atomic E-state index is -0.205. The molecule has 0 atom stereocenters. The van der Waals surface area contributed by atoms with E-state index in [2.05, 4.69) is 14.9 Å². The fourth-order valence-corrected chi connectivity index (χ4v) is 1.09. The van der Waals surface area contributed by atoms with Crippen LogP contribution in [-0.2, 0) is 21.0 Å². The van der Waals surface area contributed by atoms with Gasteiger partial charge in [-0.3, -0.25) is 10.1 Å². The molecule has 0 saturated heterocycles. The van der Waals surface area contributed by atoms with E-state index in [4.69, 9.17) is 5.26 Å². The Hall–Kier alpha value is -1.43. The Labute approximate surface area is 87.6 Å². The van der Waals surface area contributed by atoms with Crippen LogP contribution in [0.1, 0.15) is 5.56 Å². The third kappa shape index (κ3) is 4.07. The molecule has 0 bridgehead atoms. The second-order valence-electron chi connectivity index (χ2n) is 2.95.